The van der Waals surface area contributed by atoms with Gasteiger partial charge in [-0.25, -0.2) is 0 Å². The van der Waals surface area contributed by atoms with E-state index in [9.17, 15) is 9.90 Å². The fourth-order valence-corrected chi connectivity index (χ4v) is 1.94. The zero-order valence-corrected chi connectivity index (χ0v) is 7.90. The summed E-state index contributed by atoms with van der Waals surface area (Å²) in [7, 11) is 1.35. The lowest BCUT2D eigenvalue weighted by Crippen LogP contribution is -2.38. The number of carbonyl (C=O) groups is 1. The second kappa shape index (κ2) is 4.42. The summed E-state index contributed by atoms with van der Waals surface area (Å²) in [6, 6.07) is 0. The Labute approximate surface area is 78.4 Å². The summed E-state index contributed by atoms with van der Waals surface area (Å²) in [5.74, 6) is -0.662. The minimum atomic E-state index is -0.566. The molecule has 3 atom stereocenters. The van der Waals surface area contributed by atoms with Crippen LogP contribution in [0.25, 0.3) is 0 Å². The first-order valence-corrected chi connectivity index (χ1v) is 4.59. The molecule has 3 heteroatoms. The zero-order chi connectivity index (χ0) is 9.84. The zero-order valence-electron chi connectivity index (χ0n) is 7.90. The average Bonchev–Trinajstić information content (AvgIpc) is 2.16. The van der Waals surface area contributed by atoms with Crippen molar-refractivity contribution in [2.45, 2.75) is 25.4 Å². The van der Waals surface area contributed by atoms with Crippen LogP contribution in [0.4, 0.5) is 0 Å². The lowest BCUT2D eigenvalue weighted by atomic mass is 9.77. The highest BCUT2D eigenvalue weighted by atomic mass is 16.5. The third kappa shape index (κ3) is 2.10. The summed E-state index contributed by atoms with van der Waals surface area (Å²) >= 11 is 0. The second-order valence-electron chi connectivity index (χ2n) is 3.45. The monoisotopic (exact) mass is 184 g/mol. The summed E-state index contributed by atoms with van der Waals surface area (Å²) in [6.45, 7) is 3.67. The summed E-state index contributed by atoms with van der Waals surface area (Å²) < 4.78 is 4.65. The predicted octanol–water partition coefficient (Wildman–Crippen LogP) is 1.12. The van der Waals surface area contributed by atoms with Crippen molar-refractivity contribution in [1.82, 2.24) is 0 Å². The number of esters is 1. The molecular formula is C10H16O3. The number of carbonyl (C=O) groups excluding carboxylic acids is 1. The van der Waals surface area contributed by atoms with Crippen molar-refractivity contribution in [3.63, 3.8) is 0 Å². The van der Waals surface area contributed by atoms with E-state index in [1.165, 1.54) is 7.11 Å². The van der Waals surface area contributed by atoms with E-state index in [4.69, 9.17) is 0 Å². The summed E-state index contributed by atoms with van der Waals surface area (Å²) in [5.41, 5.74) is 0. The maximum absolute atomic E-state index is 11.3. The van der Waals surface area contributed by atoms with Crippen LogP contribution in [0, 0.1) is 11.8 Å². The van der Waals surface area contributed by atoms with Crippen LogP contribution in [-0.4, -0.2) is 24.3 Å². The number of aliphatic hydroxyl groups is 1. The maximum atomic E-state index is 11.3. The molecule has 1 aliphatic carbocycles. The van der Waals surface area contributed by atoms with E-state index in [1.807, 2.05) is 0 Å². The first kappa shape index (κ1) is 10.3. The molecular weight excluding hydrogens is 168 g/mol. The molecule has 0 saturated heterocycles. The molecule has 3 unspecified atom stereocenters. The first-order valence-electron chi connectivity index (χ1n) is 4.59. The second-order valence-corrected chi connectivity index (χ2v) is 3.45. The van der Waals surface area contributed by atoms with E-state index in [0.29, 0.717) is 6.42 Å². The van der Waals surface area contributed by atoms with Crippen LogP contribution in [-0.2, 0) is 9.53 Å². The van der Waals surface area contributed by atoms with E-state index >= 15 is 0 Å². The molecule has 1 rings (SSSR count). The Kier molecular flexibility index (Phi) is 3.48. The highest BCUT2D eigenvalue weighted by Gasteiger charge is 2.36. The molecule has 74 valence electrons. The molecule has 1 aliphatic rings. The Morgan fingerprint density at radius 1 is 1.62 bits per heavy atom. The SMILES string of the molecule is C=CC1CCCC(O)C1C(=O)OC. The van der Waals surface area contributed by atoms with Crippen LogP contribution in [0.3, 0.4) is 0 Å². The number of ether oxygens (including phenoxy) is 1. The van der Waals surface area contributed by atoms with Crippen LogP contribution in [0.1, 0.15) is 19.3 Å². The van der Waals surface area contributed by atoms with Crippen molar-refractivity contribution >= 4 is 5.97 Å². The highest BCUT2D eigenvalue weighted by Crippen LogP contribution is 2.31. The number of hydrogen-bond acceptors (Lipinski definition) is 3. The first-order chi connectivity index (χ1) is 6.20. The van der Waals surface area contributed by atoms with Crippen LogP contribution < -0.4 is 0 Å². The predicted molar refractivity (Wildman–Crippen MR) is 49.1 cm³/mol. The number of hydrogen-bond donors (Lipinski definition) is 1. The number of methoxy groups -OCH3 is 1. The van der Waals surface area contributed by atoms with Gasteiger partial charge in [0.2, 0.25) is 0 Å². The standard InChI is InChI=1S/C10H16O3/c1-3-7-5-4-6-8(11)9(7)10(12)13-2/h3,7-9,11H,1,4-6H2,2H3. The highest BCUT2D eigenvalue weighted by molar-refractivity contribution is 5.73. The Morgan fingerprint density at radius 2 is 2.31 bits per heavy atom. The van der Waals surface area contributed by atoms with Crippen molar-refractivity contribution in [3.05, 3.63) is 12.7 Å². The fraction of sp³-hybridized carbons (Fsp3) is 0.700. The molecule has 0 heterocycles. The lowest BCUT2D eigenvalue weighted by molar-refractivity contribution is -0.153. The number of aliphatic hydroxyl groups excluding tert-OH is 1. The molecule has 0 aliphatic heterocycles. The van der Waals surface area contributed by atoms with E-state index in [-0.39, 0.29) is 11.9 Å². The molecule has 1 saturated carbocycles. The smallest absolute Gasteiger partial charge is 0.311 e. The molecule has 0 aromatic heterocycles. The van der Waals surface area contributed by atoms with Gasteiger partial charge in [0.15, 0.2) is 0 Å². The average molecular weight is 184 g/mol. The molecule has 0 aromatic rings. The van der Waals surface area contributed by atoms with E-state index < -0.39 is 12.0 Å². The topological polar surface area (TPSA) is 46.5 Å². The van der Waals surface area contributed by atoms with Crippen LogP contribution in [0.15, 0.2) is 12.7 Å². The summed E-state index contributed by atoms with van der Waals surface area (Å²) in [4.78, 5) is 11.3. The maximum Gasteiger partial charge on any atom is 0.311 e. The molecule has 0 aromatic carbocycles. The van der Waals surface area contributed by atoms with E-state index in [0.717, 1.165) is 12.8 Å². The van der Waals surface area contributed by atoms with Crippen LogP contribution >= 0.6 is 0 Å². The lowest BCUT2D eigenvalue weighted by Gasteiger charge is -2.31. The van der Waals surface area contributed by atoms with Gasteiger partial charge in [0.1, 0.15) is 0 Å². The third-order valence-corrected chi connectivity index (χ3v) is 2.69. The molecule has 1 N–H and O–H groups in total. The summed E-state index contributed by atoms with van der Waals surface area (Å²) in [5, 5.41) is 9.62. The van der Waals surface area contributed by atoms with Crippen LogP contribution in [0.2, 0.25) is 0 Å². The Hall–Kier alpha value is -0.830. The van der Waals surface area contributed by atoms with Gasteiger partial charge in [-0.2, -0.15) is 0 Å². The van der Waals surface area contributed by atoms with Gasteiger partial charge in [0.05, 0.1) is 19.1 Å². The van der Waals surface area contributed by atoms with Crippen molar-refractivity contribution in [1.29, 1.82) is 0 Å². The van der Waals surface area contributed by atoms with Gasteiger partial charge in [-0.15, -0.1) is 6.58 Å². The molecule has 0 amide bonds. The minimum absolute atomic E-state index is 0.0659. The quantitative estimate of drug-likeness (QED) is 0.516. The van der Waals surface area contributed by atoms with Crippen molar-refractivity contribution < 1.29 is 14.6 Å². The Bertz CT molecular complexity index is 200. The van der Waals surface area contributed by atoms with Gasteiger partial charge in [-0.05, 0) is 18.8 Å². The summed E-state index contributed by atoms with van der Waals surface area (Å²) in [6.07, 6.45) is 3.73. The van der Waals surface area contributed by atoms with Crippen molar-refractivity contribution in [2.75, 3.05) is 7.11 Å². The molecule has 0 spiro atoms. The van der Waals surface area contributed by atoms with Gasteiger partial charge in [-0.3, -0.25) is 4.79 Å². The number of rotatable bonds is 2. The normalized spacial score (nSPS) is 33.8. The largest absolute Gasteiger partial charge is 0.469 e. The Morgan fingerprint density at radius 3 is 2.85 bits per heavy atom. The number of allylic oxidation sites excluding steroid dienone is 1. The van der Waals surface area contributed by atoms with E-state index in [2.05, 4.69) is 11.3 Å². The van der Waals surface area contributed by atoms with Gasteiger partial charge >= 0.3 is 5.97 Å². The molecule has 13 heavy (non-hydrogen) atoms. The minimum Gasteiger partial charge on any atom is -0.469 e. The van der Waals surface area contributed by atoms with Crippen molar-refractivity contribution in [2.24, 2.45) is 11.8 Å². The molecule has 3 nitrogen and oxygen atoms in total. The molecule has 0 bridgehead atoms. The van der Waals surface area contributed by atoms with E-state index in [1.54, 1.807) is 6.08 Å². The molecule has 1 fully saturated rings. The van der Waals surface area contributed by atoms with Crippen LogP contribution in [0.5, 0.6) is 0 Å². The van der Waals surface area contributed by atoms with Gasteiger partial charge in [0, 0.05) is 0 Å². The molecule has 0 radical (unpaired) electrons. The van der Waals surface area contributed by atoms with Gasteiger partial charge in [-0.1, -0.05) is 12.5 Å². The van der Waals surface area contributed by atoms with Gasteiger partial charge < -0.3 is 9.84 Å². The van der Waals surface area contributed by atoms with Crippen molar-refractivity contribution in [3.8, 4) is 0 Å². The van der Waals surface area contributed by atoms with Gasteiger partial charge in [0.25, 0.3) is 0 Å². The Balaban J connectivity index is 2.72. The fourth-order valence-electron chi connectivity index (χ4n) is 1.94. The third-order valence-electron chi connectivity index (χ3n) is 2.69.